The number of carbonyl (C=O) groups excluding carboxylic acids is 1. The van der Waals surface area contributed by atoms with Crippen LogP contribution in [0, 0.1) is 11.3 Å². The fraction of sp³-hybridized carbons (Fsp3) is 0.350. The van der Waals surface area contributed by atoms with Gasteiger partial charge in [0.25, 0.3) is 0 Å². The van der Waals surface area contributed by atoms with Crippen molar-refractivity contribution in [1.82, 2.24) is 4.98 Å². The molecule has 1 heterocycles. The molecule has 0 saturated heterocycles. The smallest absolute Gasteiger partial charge is 0.173 e. The van der Waals surface area contributed by atoms with Crippen LogP contribution in [-0.2, 0) is 12.8 Å². The van der Waals surface area contributed by atoms with Crippen molar-refractivity contribution in [1.29, 1.82) is 5.26 Å². The number of nitriles is 1. The molecule has 1 aromatic carbocycles. The van der Waals surface area contributed by atoms with Crippen LogP contribution in [0.15, 0.2) is 41.4 Å². The van der Waals surface area contributed by atoms with Crippen LogP contribution in [0.25, 0.3) is 0 Å². The Morgan fingerprint density at radius 3 is 2.62 bits per heavy atom. The first-order valence-corrected chi connectivity index (χ1v) is 9.40. The van der Waals surface area contributed by atoms with Crippen molar-refractivity contribution in [2.45, 2.75) is 43.6 Å². The third-order valence-electron chi connectivity index (χ3n) is 4.32. The van der Waals surface area contributed by atoms with Gasteiger partial charge in [-0.05, 0) is 37.3 Å². The maximum absolute atomic E-state index is 12.3. The number of hydrogen-bond donors (Lipinski definition) is 0. The minimum absolute atomic E-state index is 0.0676. The molecular weight excluding hydrogens is 316 g/mol. The van der Waals surface area contributed by atoms with Crippen molar-refractivity contribution in [2.24, 2.45) is 0 Å². The molecule has 24 heavy (non-hydrogen) atoms. The standard InChI is InChI=1S/C20H20N2OS/c21-13-17-12-16-10-4-1-2-7-11-18(16)22-20(17)24-14-19(23)15-8-5-3-6-9-15/h3,5-6,8-9,12H,1-2,4,7,10-11,14H2. The van der Waals surface area contributed by atoms with E-state index in [1.807, 2.05) is 36.4 Å². The van der Waals surface area contributed by atoms with Crippen LogP contribution in [0.5, 0.6) is 0 Å². The van der Waals surface area contributed by atoms with Gasteiger partial charge in [-0.15, -0.1) is 0 Å². The molecule has 2 aromatic rings. The summed E-state index contributed by atoms with van der Waals surface area (Å²) in [7, 11) is 0. The summed E-state index contributed by atoms with van der Waals surface area (Å²) in [6.45, 7) is 0. The van der Waals surface area contributed by atoms with Crippen molar-refractivity contribution in [2.75, 3.05) is 5.75 Å². The summed E-state index contributed by atoms with van der Waals surface area (Å²) in [4.78, 5) is 17.0. The molecule has 0 saturated carbocycles. The normalized spacial score (nSPS) is 14.1. The number of pyridine rings is 1. The highest BCUT2D eigenvalue weighted by atomic mass is 32.2. The first-order valence-electron chi connectivity index (χ1n) is 8.42. The Hall–Kier alpha value is -2.12. The zero-order valence-corrected chi connectivity index (χ0v) is 14.4. The number of hydrogen-bond acceptors (Lipinski definition) is 4. The Morgan fingerprint density at radius 2 is 1.88 bits per heavy atom. The zero-order chi connectivity index (χ0) is 16.8. The number of Topliss-reactive ketones (excluding diaryl/α,β-unsaturated/α-hetero) is 1. The van der Waals surface area contributed by atoms with E-state index in [0.29, 0.717) is 21.9 Å². The SMILES string of the molecule is N#Cc1cc2c(nc1SCC(=O)c1ccccc1)CCCCCC2. The summed E-state index contributed by atoms with van der Waals surface area (Å²) >= 11 is 1.38. The second-order valence-corrected chi connectivity index (χ2v) is 7.01. The van der Waals surface area contributed by atoms with Gasteiger partial charge in [-0.2, -0.15) is 5.26 Å². The molecule has 0 spiro atoms. The largest absolute Gasteiger partial charge is 0.293 e. The lowest BCUT2D eigenvalue weighted by molar-refractivity contribution is 0.102. The molecule has 0 fully saturated rings. The van der Waals surface area contributed by atoms with Gasteiger partial charge in [-0.3, -0.25) is 4.79 Å². The number of aryl methyl sites for hydroxylation is 2. The molecule has 0 aliphatic heterocycles. The minimum Gasteiger partial charge on any atom is -0.293 e. The van der Waals surface area contributed by atoms with E-state index in [-0.39, 0.29) is 5.78 Å². The monoisotopic (exact) mass is 336 g/mol. The highest BCUT2D eigenvalue weighted by Crippen LogP contribution is 2.27. The van der Waals surface area contributed by atoms with E-state index in [0.717, 1.165) is 25.0 Å². The van der Waals surface area contributed by atoms with E-state index >= 15 is 0 Å². The molecule has 3 rings (SSSR count). The second kappa shape index (κ2) is 8.12. The van der Waals surface area contributed by atoms with Crippen molar-refractivity contribution >= 4 is 17.5 Å². The van der Waals surface area contributed by atoms with E-state index in [1.165, 1.54) is 36.6 Å². The Balaban J connectivity index is 1.78. The number of carbonyl (C=O) groups is 1. The van der Waals surface area contributed by atoms with Gasteiger partial charge in [-0.25, -0.2) is 4.98 Å². The van der Waals surface area contributed by atoms with Gasteiger partial charge < -0.3 is 0 Å². The first-order chi connectivity index (χ1) is 11.8. The van der Waals surface area contributed by atoms with Crippen LogP contribution < -0.4 is 0 Å². The number of fused-ring (bicyclic) bond motifs is 1. The van der Waals surface area contributed by atoms with Crippen LogP contribution in [0.4, 0.5) is 0 Å². The number of thioether (sulfide) groups is 1. The number of aromatic nitrogens is 1. The van der Waals surface area contributed by atoms with Crippen LogP contribution in [-0.4, -0.2) is 16.5 Å². The Bertz CT molecular complexity index is 765. The summed E-state index contributed by atoms with van der Waals surface area (Å²) in [5.41, 5.74) is 3.63. The highest BCUT2D eigenvalue weighted by molar-refractivity contribution is 8.00. The third-order valence-corrected chi connectivity index (χ3v) is 5.31. The van der Waals surface area contributed by atoms with E-state index in [9.17, 15) is 10.1 Å². The number of rotatable bonds is 4. The molecule has 4 heteroatoms. The molecule has 0 bridgehead atoms. The molecule has 3 nitrogen and oxygen atoms in total. The molecule has 0 unspecified atom stereocenters. The number of benzene rings is 1. The van der Waals surface area contributed by atoms with Crippen molar-refractivity contribution in [3.05, 3.63) is 58.8 Å². The van der Waals surface area contributed by atoms with Gasteiger partial charge in [0.1, 0.15) is 11.1 Å². The number of ketones is 1. The molecule has 0 amide bonds. The molecule has 1 aliphatic rings. The molecule has 1 aromatic heterocycles. The van der Waals surface area contributed by atoms with Crippen molar-refractivity contribution < 1.29 is 4.79 Å². The topological polar surface area (TPSA) is 53.8 Å². The highest BCUT2D eigenvalue weighted by Gasteiger charge is 2.15. The molecule has 0 N–H and O–H groups in total. The lowest BCUT2D eigenvalue weighted by Gasteiger charge is -2.15. The van der Waals surface area contributed by atoms with Crippen molar-refractivity contribution in [3.8, 4) is 6.07 Å². The van der Waals surface area contributed by atoms with E-state index in [4.69, 9.17) is 4.98 Å². The summed E-state index contributed by atoms with van der Waals surface area (Å²) < 4.78 is 0. The van der Waals surface area contributed by atoms with Gasteiger partial charge in [0.05, 0.1) is 11.3 Å². The maximum atomic E-state index is 12.3. The lowest BCUT2D eigenvalue weighted by atomic mass is 9.96. The second-order valence-electron chi connectivity index (χ2n) is 6.05. The summed E-state index contributed by atoms with van der Waals surface area (Å²) in [6.07, 6.45) is 6.79. The molecule has 0 atom stereocenters. The Labute approximate surface area is 147 Å². The molecule has 122 valence electrons. The lowest BCUT2D eigenvalue weighted by Crippen LogP contribution is -2.07. The van der Waals surface area contributed by atoms with E-state index < -0.39 is 0 Å². The Morgan fingerprint density at radius 1 is 1.12 bits per heavy atom. The average molecular weight is 336 g/mol. The summed E-state index contributed by atoms with van der Waals surface area (Å²) in [5.74, 6) is 0.378. The van der Waals surface area contributed by atoms with Crippen molar-refractivity contribution in [3.63, 3.8) is 0 Å². The van der Waals surface area contributed by atoms with E-state index in [1.54, 1.807) is 0 Å². The van der Waals surface area contributed by atoms with Crippen LogP contribution in [0.1, 0.15) is 52.9 Å². The quantitative estimate of drug-likeness (QED) is 0.605. The molecule has 0 radical (unpaired) electrons. The first kappa shape index (κ1) is 16.7. The fourth-order valence-corrected chi connectivity index (χ4v) is 3.87. The average Bonchev–Trinajstić information content (AvgIpc) is 2.61. The van der Waals surface area contributed by atoms with Gasteiger partial charge in [0.15, 0.2) is 5.78 Å². The number of nitrogens with zero attached hydrogens (tertiary/aromatic N) is 2. The van der Waals surface area contributed by atoms with Gasteiger partial charge >= 0.3 is 0 Å². The summed E-state index contributed by atoms with van der Waals surface area (Å²) in [5, 5.41) is 10.1. The van der Waals surface area contributed by atoms with Crippen LogP contribution >= 0.6 is 11.8 Å². The predicted molar refractivity (Wildman–Crippen MR) is 96.3 cm³/mol. The minimum atomic E-state index is 0.0676. The van der Waals surface area contributed by atoms with Gasteiger partial charge in [0, 0.05) is 11.3 Å². The zero-order valence-electron chi connectivity index (χ0n) is 13.6. The third kappa shape index (κ3) is 4.04. The molecule has 1 aliphatic carbocycles. The van der Waals surface area contributed by atoms with Gasteiger partial charge in [0.2, 0.25) is 0 Å². The predicted octanol–water partition coefficient (Wildman–Crippen LogP) is 4.59. The maximum Gasteiger partial charge on any atom is 0.173 e. The van der Waals surface area contributed by atoms with Gasteiger partial charge in [-0.1, -0.05) is 54.9 Å². The van der Waals surface area contributed by atoms with Crippen LogP contribution in [0.3, 0.4) is 0 Å². The van der Waals surface area contributed by atoms with Crippen LogP contribution in [0.2, 0.25) is 0 Å². The summed E-state index contributed by atoms with van der Waals surface area (Å²) in [6, 6.07) is 13.5. The van der Waals surface area contributed by atoms with E-state index in [2.05, 4.69) is 6.07 Å². The fourth-order valence-electron chi connectivity index (χ4n) is 3.00. The molecular formula is C20H20N2OS. The Kier molecular flexibility index (Phi) is 5.66.